The molecule has 1 unspecified atom stereocenters. The molecule has 1 fully saturated rings. The van der Waals surface area contributed by atoms with Crippen molar-refractivity contribution in [1.29, 1.82) is 0 Å². The minimum absolute atomic E-state index is 0.0724. The molecule has 2 N–H and O–H groups in total. The van der Waals surface area contributed by atoms with Crippen LogP contribution in [0.5, 0.6) is 0 Å². The second-order valence-electron chi connectivity index (χ2n) is 5.58. The number of carbonyl (C=O) groups is 2. The molecule has 1 aromatic rings. The summed E-state index contributed by atoms with van der Waals surface area (Å²) in [7, 11) is -4.26. The molecule has 7 nitrogen and oxygen atoms in total. The number of sulfonamides is 1. The summed E-state index contributed by atoms with van der Waals surface area (Å²) in [6.07, 6.45) is -0.328. The summed E-state index contributed by atoms with van der Waals surface area (Å²) < 4.78 is 26.1. The fourth-order valence-corrected chi connectivity index (χ4v) is 4.91. The third-order valence-corrected chi connectivity index (χ3v) is 6.01. The number of halogens is 2. The van der Waals surface area contributed by atoms with Gasteiger partial charge in [-0.15, -0.1) is 0 Å². The van der Waals surface area contributed by atoms with E-state index in [4.69, 9.17) is 23.2 Å². The van der Waals surface area contributed by atoms with Gasteiger partial charge < -0.3 is 10.2 Å². The molecule has 0 saturated carbocycles. The summed E-state index contributed by atoms with van der Waals surface area (Å²) in [5.74, 6) is -2.67. The molecule has 0 radical (unpaired) electrons. The highest BCUT2D eigenvalue weighted by atomic mass is 35.5. The molecule has 1 heterocycles. The fraction of sp³-hybridized carbons (Fsp3) is 0.385. The third kappa shape index (κ3) is 3.30. The molecule has 126 valence electrons. The van der Waals surface area contributed by atoms with E-state index < -0.39 is 40.0 Å². The molecule has 0 spiro atoms. The van der Waals surface area contributed by atoms with Gasteiger partial charge in [0, 0.05) is 16.6 Å². The van der Waals surface area contributed by atoms with Crippen molar-refractivity contribution in [3.05, 3.63) is 28.2 Å². The lowest BCUT2D eigenvalue weighted by atomic mass is 9.88. The number of hydrogen-bond acceptors (Lipinski definition) is 4. The maximum atomic E-state index is 12.7. The molecular formula is C13H13Cl2NO6S. The Kier molecular flexibility index (Phi) is 4.64. The zero-order valence-electron chi connectivity index (χ0n) is 11.9. The van der Waals surface area contributed by atoms with Crippen LogP contribution in [-0.4, -0.2) is 47.5 Å². The number of hydrogen-bond donors (Lipinski definition) is 2. The minimum Gasteiger partial charge on any atom is -0.481 e. The van der Waals surface area contributed by atoms with E-state index in [2.05, 4.69) is 0 Å². The van der Waals surface area contributed by atoms with Crippen LogP contribution in [0.25, 0.3) is 0 Å². The van der Waals surface area contributed by atoms with E-state index in [1.54, 1.807) is 0 Å². The molecule has 0 aliphatic carbocycles. The SMILES string of the molecule is CC1(C(=O)O)C[C@@H](C(=O)O)N(S(=O)(=O)c2cc(Cl)cc(Cl)c2)C1. The molecule has 1 aromatic carbocycles. The van der Waals surface area contributed by atoms with Crippen molar-refractivity contribution < 1.29 is 28.2 Å². The van der Waals surface area contributed by atoms with Crippen molar-refractivity contribution in [3.8, 4) is 0 Å². The van der Waals surface area contributed by atoms with Gasteiger partial charge in [0.15, 0.2) is 0 Å². The smallest absolute Gasteiger partial charge is 0.322 e. The minimum atomic E-state index is -4.26. The normalized spacial score (nSPS) is 25.4. The van der Waals surface area contributed by atoms with Crippen molar-refractivity contribution in [2.24, 2.45) is 5.41 Å². The van der Waals surface area contributed by atoms with Crippen molar-refractivity contribution >= 4 is 45.2 Å². The summed E-state index contributed by atoms with van der Waals surface area (Å²) >= 11 is 11.6. The van der Waals surface area contributed by atoms with Crippen LogP contribution in [0.1, 0.15) is 13.3 Å². The highest BCUT2D eigenvalue weighted by Gasteiger charge is 2.53. The quantitative estimate of drug-likeness (QED) is 0.823. The molecular weight excluding hydrogens is 369 g/mol. The zero-order valence-corrected chi connectivity index (χ0v) is 14.2. The summed E-state index contributed by atoms with van der Waals surface area (Å²) in [5.41, 5.74) is -1.49. The van der Waals surface area contributed by atoms with Gasteiger partial charge in [0.1, 0.15) is 6.04 Å². The van der Waals surface area contributed by atoms with E-state index in [-0.39, 0.29) is 21.4 Å². The topological polar surface area (TPSA) is 112 Å². The Bertz CT molecular complexity index is 760. The van der Waals surface area contributed by atoms with Crippen LogP contribution < -0.4 is 0 Å². The summed E-state index contributed by atoms with van der Waals surface area (Å²) in [4.78, 5) is 22.5. The first-order valence-corrected chi connectivity index (χ1v) is 8.61. The van der Waals surface area contributed by atoms with Crippen LogP contribution in [0.4, 0.5) is 0 Å². The molecule has 1 saturated heterocycles. The van der Waals surface area contributed by atoms with Gasteiger partial charge >= 0.3 is 11.9 Å². The summed E-state index contributed by atoms with van der Waals surface area (Å²) in [5, 5.41) is 18.7. The second kappa shape index (κ2) is 5.94. The molecule has 2 rings (SSSR count). The van der Waals surface area contributed by atoms with Crippen LogP contribution in [0, 0.1) is 5.41 Å². The third-order valence-electron chi connectivity index (χ3n) is 3.74. The highest BCUT2D eigenvalue weighted by Crippen LogP contribution is 2.39. The van der Waals surface area contributed by atoms with Gasteiger partial charge in [-0.3, -0.25) is 9.59 Å². The van der Waals surface area contributed by atoms with Gasteiger partial charge in [0.25, 0.3) is 0 Å². The molecule has 0 bridgehead atoms. The first kappa shape index (κ1) is 18.0. The average molecular weight is 382 g/mol. The second-order valence-corrected chi connectivity index (χ2v) is 8.34. The van der Waals surface area contributed by atoms with Crippen LogP contribution in [0.3, 0.4) is 0 Å². The number of carboxylic acids is 2. The van der Waals surface area contributed by atoms with E-state index in [0.717, 1.165) is 12.1 Å². The van der Waals surface area contributed by atoms with E-state index >= 15 is 0 Å². The molecule has 2 atom stereocenters. The van der Waals surface area contributed by atoms with E-state index in [1.165, 1.54) is 13.0 Å². The van der Waals surface area contributed by atoms with Gasteiger partial charge in [-0.2, -0.15) is 4.31 Å². The first-order chi connectivity index (χ1) is 10.5. The number of aliphatic carboxylic acids is 2. The standard InChI is InChI=1S/C13H13Cl2NO6S/c1-13(12(19)20)5-10(11(17)18)16(6-13)23(21,22)9-3-7(14)2-8(15)4-9/h2-4,10H,5-6H2,1H3,(H,17,18)(H,19,20)/t10-,13?/m0/s1. The highest BCUT2D eigenvalue weighted by molar-refractivity contribution is 7.89. The van der Waals surface area contributed by atoms with E-state index in [1.807, 2.05) is 0 Å². The maximum absolute atomic E-state index is 12.7. The Balaban J connectivity index is 2.52. The van der Waals surface area contributed by atoms with Gasteiger partial charge in [-0.05, 0) is 31.5 Å². The predicted octanol–water partition coefficient (Wildman–Crippen LogP) is 1.93. The Morgan fingerprint density at radius 1 is 1.22 bits per heavy atom. The van der Waals surface area contributed by atoms with Gasteiger partial charge in [-0.1, -0.05) is 23.2 Å². The Hall–Kier alpha value is -1.35. The fourth-order valence-electron chi connectivity index (χ4n) is 2.48. The number of nitrogens with zero attached hydrogens (tertiary/aromatic N) is 1. The zero-order chi connectivity index (χ0) is 17.6. The van der Waals surface area contributed by atoms with Crippen molar-refractivity contribution in [2.45, 2.75) is 24.3 Å². The average Bonchev–Trinajstić information content (AvgIpc) is 2.78. The lowest BCUT2D eigenvalue weighted by Crippen LogP contribution is -2.41. The van der Waals surface area contributed by atoms with Crippen LogP contribution in [-0.2, 0) is 19.6 Å². The largest absolute Gasteiger partial charge is 0.481 e. The lowest BCUT2D eigenvalue weighted by Gasteiger charge is -2.22. The number of rotatable bonds is 4. The van der Waals surface area contributed by atoms with Crippen molar-refractivity contribution in [3.63, 3.8) is 0 Å². The Morgan fingerprint density at radius 3 is 2.17 bits per heavy atom. The first-order valence-electron chi connectivity index (χ1n) is 6.41. The molecule has 1 aliphatic heterocycles. The molecule has 0 amide bonds. The maximum Gasteiger partial charge on any atom is 0.322 e. The Morgan fingerprint density at radius 2 is 1.74 bits per heavy atom. The van der Waals surface area contributed by atoms with E-state index in [0.29, 0.717) is 4.31 Å². The lowest BCUT2D eigenvalue weighted by molar-refractivity contribution is -0.147. The van der Waals surface area contributed by atoms with Crippen molar-refractivity contribution in [1.82, 2.24) is 4.31 Å². The van der Waals surface area contributed by atoms with Crippen LogP contribution in [0.2, 0.25) is 10.0 Å². The van der Waals surface area contributed by atoms with E-state index in [9.17, 15) is 28.2 Å². The predicted molar refractivity (Wildman–Crippen MR) is 82.1 cm³/mol. The van der Waals surface area contributed by atoms with Crippen molar-refractivity contribution in [2.75, 3.05) is 6.54 Å². The summed E-state index contributed by atoms with van der Waals surface area (Å²) in [6, 6.07) is 2.14. The molecule has 10 heteroatoms. The summed E-state index contributed by atoms with van der Waals surface area (Å²) in [6.45, 7) is 0.859. The monoisotopic (exact) mass is 381 g/mol. The van der Waals surface area contributed by atoms with Crippen LogP contribution >= 0.6 is 23.2 Å². The Labute approximate surface area is 142 Å². The van der Waals surface area contributed by atoms with Gasteiger partial charge in [0.2, 0.25) is 10.0 Å². The van der Waals surface area contributed by atoms with Gasteiger partial charge in [0.05, 0.1) is 10.3 Å². The van der Waals surface area contributed by atoms with Gasteiger partial charge in [-0.25, -0.2) is 8.42 Å². The number of carboxylic acid groups (broad SMARTS) is 2. The molecule has 23 heavy (non-hydrogen) atoms. The van der Waals surface area contributed by atoms with Crippen LogP contribution in [0.15, 0.2) is 23.1 Å². The molecule has 0 aromatic heterocycles. The molecule has 1 aliphatic rings. The number of benzene rings is 1.